The zero-order valence-corrected chi connectivity index (χ0v) is 8.12. The van der Waals surface area contributed by atoms with Crippen LogP contribution in [-0.4, -0.2) is 7.05 Å². The second-order valence-electron chi connectivity index (χ2n) is 3.09. The molecule has 0 aromatic heterocycles. The largest absolute Gasteiger partial charge is 0.402 e. The summed E-state index contributed by atoms with van der Waals surface area (Å²) in [5.74, 6) is 0. The average molecular weight is 176 g/mol. The first kappa shape index (κ1) is 9.81. The number of benzene rings is 1. The molecule has 1 aromatic carbocycles. The van der Waals surface area contributed by atoms with Gasteiger partial charge in [0.1, 0.15) is 0 Å². The molecule has 0 saturated heterocycles. The molecule has 1 aromatic rings. The molecule has 0 bridgehead atoms. The van der Waals surface area contributed by atoms with E-state index in [4.69, 9.17) is 5.73 Å². The molecule has 0 spiro atoms. The summed E-state index contributed by atoms with van der Waals surface area (Å²) in [4.78, 5) is 0. The van der Waals surface area contributed by atoms with E-state index < -0.39 is 0 Å². The molecule has 0 fully saturated rings. The zero-order valence-electron chi connectivity index (χ0n) is 8.12. The Morgan fingerprint density at radius 2 is 2.00 bits per heavy atom. The van der Waals surface area contributed by atoms with E-state index in [2.05, 4.69) is 17.4 Å². The fraction of sp³-hybridized carbons (Fsp3) is 0.273. The van der Waals surface area contributed by atoms with E-state index in [1.165, 1.54) is 5.56 Å². The van der Waals surface area contributed by atoms with Crippen LogP contribution >= 0.6 is 0 Å². The second-order valence-corrected chi connectivity index (χ2v) is 3.09. The van der Waals surface area contributed by atoms with Gasteiger partial charge in [-0.15, -0.1) is 0 Å². The van der Waals surface area contributed by atoms with Crippen LogP contribution in [0.4, 0.5) is 0 Å². The van der Waals surface area contributed by atoms with Gasteiger partial charge >= 0.3 is 0 Å². The van der Waals surface area contributed by atoms with Gasteiger partial charge in [-0.25, -0.2) is 0 Å². The summed E-state index contributed by atoms with van der Waals surface area (Å²) >= 11 is 0. The molecule has 0 aliphatic carbocycles. The summed E-state index contributed by atoms with van der Waals surface area (Å²) in [5, 5.41) is 3.19. The van der Waals surface area contributed by atoms with Crippen LogP contribution in [0.25, 0.3) is 0 Å². The van der Waals surface area contributed by atoms with Crippen molar-refractivity contribution in [2.45, 2.75) is 13.0 Å². The number of allylic oxidation sites excluding steroid dienone is 1. The lowest BCUT2D eigenvalue weighted by molar-refractivity contribution is 0.709. The normalized spacial score (nSPS) is 14.2. The van der Waals surface area contributed by atoms with E-state index >= 15 is 0 Å². The van der Waals surface area contributed by atoms with Crippen LogP contribution in [0.5, 0.6) is 0 Å². The van der Waals surface area contributed by atoms with Gasteiger partial charge in [0, 0.05) is 5.70 Å². The number of nitrogens with one attached hydrogen (secondary N) is 1. The van der Waals surface area contributed by atoms with Gasteiger partial charge in [-0.1, -0.05) is 30.3 Å². The van der Waals surface area contributed by atoms with Crippen molar-refractivity contribution in [3.8, 4) is 0 Å². The third-order valence-electron chi connectivity index (χ3n) is 1.90. The Morgan fingerprint density at radius 3 is 2.46 bits per heavy atom. The third-order valence-corrected chi connectivity index (χ3v) is 1.90. The summed E-state index contributed by atoms with van der Waals surface area (Å²) in [6.45, 7) is 1.90. The molecule has 0 saturated carbocycles. The highest BCUT2D eigenvalue weighted by Crippen LogP contribution is 2.13. The molecular weight excluding hydrogens is 160 g/mol. The van der Waals surface area contributed by atoms with Crippen LogP contribution in [-0.2, 0) is 0 Å². The second kappa shape index (κ2) is 4.67. The van der Waals surface area contributed by atoms with Crippen molar-refractivity contribution in [3.63, 3.8) is 0 Å². The maximum Gasteiger partial charge on any atom is 0.0523 e. The van der Waals surface area contributed by atoms with E-state index in [1.54, 1.807) is 0 Å². The summed E-state index contributed by atoms with van der Waals surface area (Å²) in [7, 11) is 1.93. The van der Waals surface area contributed by atoms with Gasteiger partial charge in [0.05, 0.1) is 6.04 Å². The van der Waals surface area contributed by atoms with Crippen LogP contribution in [0.3, 0.4) is 0 Å². The molecule has 1 rings (SSSR count). The molecule has 3 N–H and O–H groups in total. The molecule has 1 unspecified atom stereocenters. The fourth-order valence-corrected chi connectivity index (χ4v) is 1.27. The van der Waals surface area contributed by atoms with Crippen molar-refractivity contribution in [1.82, 2.24) is 5.32 Å². The van der Waals surface area contributed by atoms with Crippen molar-refractivity contribution in [2.75, 3.05) is 7.05 Å². The van der Waals surface area contributed by atoms with Crippen molar-refractivity contribution in [1.29, 1.82) is 0 Å². The monoisotopic (exact) mass is 176 g/mol. The van der Waals surface area contributed by atoms with Crippen LogP contribution in [0, 0.1) is 0 Å². The molecule has 13 heavy (non-hydrogen) atoms. The first-order chi connectivity index (χ1) is 6.24. The topological polar surface area (TPSA) is 38.0 Å². The Hall–Kier alpha value is -1.28. The number of rotatable bonds is 3. The lowest BCUT2D eigenvalue weighted by Crippen LogP contribution is -2.15. The van der Waals surface area contributed by atoms with E-state index in [-0.39, 0.29) is 6.04 Å². The molecule has 0 radical (unpaired) electrons. The third kappa shape index (κ3) is 2.92. The molecule has 70 valence electrons. The number of nitrogens with two attached hydrogens (primary N) is 1. The summed E-state index contributed by atoms with van der Waals surface area (Å²) in [5.41, 5.74) is 7.69. The van der Waals surface area contributed by atoms with Gasteiger partial charge < -0.3 is 11.1 Å². The summed E-state index contributed by atoms with van der Waals surface area (Å²) in [6.07, 6.45) is 2.01. The van der Waals surface area contributed by atoms with Crippen molar-refractivity contribution in [3.05, 3.63) is 47.7 Å². The summed E-state index contributed by atoms with van der Waals surface area (Å²) < 4.78 is 0. The molecular formula is C11H16N2. The van der Waals surface area contributed by atoms with Crippen molar-refractivity contribution >= 4 is 0 Å². The van der Waals surface area contributed by atoms with E-state index in [0.29, 0.717) is 0 Å². The minimum absolute atomic E-state index is 0.214. The van der Waals surface area contributed by atoms with Gasteiger partial charge in [0.25, 0.3) is 0 Å². The highest BCUT2D eigenvalue weighted by molar-refractivity contribution is 5.23. The number of likely N-dealkylation sites (N-methyl/N-ethyl adjacent to an activating group) is 1. The summed E-state index contributed by atoms with van der Waals surface area (Å²) in [6, 6.07) is 10.4. The van der Waals surface area contributed by atoms with Crippen LogP contribution < -0.4 is 11.1 Å². The maximum atomic E-state index is 5.63. The Labute approximate surface area is 79.5 Å². The predicted octanol–water partition coefficient (Wildman–Crippen LogP) is 1.81. The molecule has 0 amide bonds. The van der Waals surface area contributed by atoms with E-state index in [1.807, 2.05) is 38.2 Å². The quantitative estimate of drug-likeness (QED) is 0.737. The van der Waals surface area contributed by atoms with Crippen LogP contribution in [0.2, 0.25) is 0 Å². The van der Waals surface area contributed by atoms with Crippen molar-refractivity contribution < 1.29 is 0 Å². The minimum atomic E-state index is 0.214. The first-order valence-corrected chi connectivity index (χ1v) is 4.40. The Balaban J connectivity index is 2.85. The fourth-order valence-electron chi connectivity index (χ4n) is 1.27. The Bertz CT molecular complexity index is 273. The molecule has 2 nitrogen and oxygen atoms in total. The van der Waals surface area contributed by atoms with E-state index in [9.17, 15) is 0 Å². The molecule has 2 heteroatoms. The average Bonchev–Trinajstić information content (AvgIpc) is 2.15. The Kier molecular flexibility index (Phi) is 3.53. The highest BCUT2D eigenvalue weighted by Gasteiger charge is 2.03. The number of hydrogen-bond acceptors (Lipinski definition) is 2. The van der Waals surface area contributed by atoms with Gasteiger partial charge in [0.15, 0.2) is 0 Å². The number of hydrogen-bond donors (Lipinski definition) is 2. The van der Waals surface area contributed by atoms with Crippen LogP contribution in [0.1, 0.15) is 18.5 Å². The Morgan fingerprint density at radius 1 is 1.38 bits per heavy atom. The standard InChI is InChI=1S/C11H16N2/c1-9(12)8-11(13-2)10-6-4-3-5-7-10/h3-8,11,13H,12H2,1-2H3/b9-8-. The zero-order chi connectivity index (χ0) is 9.68. The molecule has 0 aliphatic rings. The molecule has 1 atom stereocenters. The lowest BCUT2D eigenvalue weighted by Gasteiger charge is -2.12. The first-order valence-electron chi connectivity index (χ1n) is 4.40. The lowest BCUT2D eigenvalue weighted by atomic mass is 10.1. The predicted molar refractivity (Wildman–Crippen MR) is 56.2 cm³/mol. The molecule has 0 aliphatic heterocycles. The smallest absolute Gasteiger partial charge is 0.0523 e. The van der Waals surface area contributed by atoms with Gasteiger partial charge in [-0.05, 0) is 25.6 Å². The van der Waals surface area contributed by atoms with Crippen molar-refractivity contribution in [2.24, 2.45) is 5.73 Å². The van der Waals surface area contributed by atoms with Crippen LogP contribution in [0.15, 0.2) is 42.1 Å². The minimum Gasteiger partial charge on any atom is -0.402 e. The SMILES string of the molecule is CNC(/C=C(/C)N)c1ccccc1. The van der Waals surface area contributed by atoms with Gasteiger partial charge in [-0.3, -0.25) is 0 Å². The van der Waals surface area contributed by atoms with E-state index in [0.717, 1.165) is 5.70 Å². The van der Waals surface area contributed by atoms with Gasteiger partial charge in [-0.2, -0.15) is 0 Å². The maximum absolute atomic E-state index is 5.63. The highest BCUT2D eigenvalue weighted by atomic mass is 14.9. The van der Waals surface area contributed by atoms with Gasteiger partial charge in [0.2, 0.25) is 0 Å². The molecule has 0 heterocycles.